The highest BCUT2D eigenvalue weighted by Crippen LogP contribution is 2.29. The summed E-state index contributed by atoms with van der Waals surface area (Å²) in [7, 11) is 0. The molecule has 1 unspecified atom stereocenters. The topological polar surface area (TPSA) is 55.1 Å². The van der Waals surface area contributed by atoms with E-state index in [1.807, 2.05) is 18.2 Å². The molecule has 124 valence electrons. The Morgan fingerprint density at radius 2 is 1.73 bits per heavy atom. The number of nitrogens with one attached hydrogen (secondary N) is 1. The number of carbonyl (C=O) groups is 1. The van der Waals surface area contributed by atoms with Crippen molar-refractivity contribution in [2.45, 2.75) is 69.9 Å². The van der Waals surface area contributed by atoms with Crippen LogP contribution in [0.5, 0.6) is 0 Å². The van der Waals surface area contributed by atoms with E-state index in [9.17, 15) is 4.79 Å². The minimum absolute atomic E-state index is 0. The standard InChI is InChI=1S/C18H28N2O.ClH/c1-14(17(2,3)15-10-6-4-7-11-15)20-16(21)18(19)12-8-5-9-13-18;/h4,6-7,10-11,14H,5,8-9,12-13,19H2,1-3H3,(H,20,21);1H. The average molecular weight is 325 g/mol. The molecule has 2 rings (SSSR count). The van der Waals surface area contributed by atoms with E-state index >= 15 is 0 Å². The number of amides is 1. The summed E-state index contributed by atoms with van der Waals surface area (Å²) in [5.41, 5.74) is 6.76. The third kappa shape index (κ3) is 4.02. The Hall–Kier alpha value is -1.06. The highest BCUT2D eigenvalue weighted by molar-refractivity contribution is 5.86. The summed E-state index contributed by atoms with van der Waals surface area (Å²) in [4.78, 5) is 12.6. The summed E-state index contributed by atoms with van der Waals surface area (Å²) in [5.74, 6) is 0.0127. The van der Waals surface area contributed by atoms with Crippen molar-refractivity contribution in [2.75, 3.05) is 0 Å². The predicted molar refractivity (Wildman–Crippen MR) is 94.3 cm³/mol. The number of halogens is 1. The predicted octanol–water partition coefficient (Wildman–Crippen LogP) is 3.55. The molecule has 1 atom stereocenters. The molecule has 0 aliphatic heterocycles. The molecule has 0 spiro atoms. The van der Waals surface area contributed by atoms with E-state index < -0.39 is 5.54 Å². The van der Waals surface area contributed by atoms with Crippen molar-refractivity contribution < 1.29 is 4.79 Å². The first kappa shape index (κ1) is 19.0. The van der Waals surface area contributed by atoms with Crippen LogP contribution in [0.2, 0.25) is 0 Å². The number of carbonyl (C=O) groups excluding carboxylic acids is 1. The molecule has 3 nitrogen and oxygen atoms in total. The fourth-order valence-corrected chi connectivity index (χ4v) is 3.05. The van der Waals surface area contributed by atoms with Crippen LogP contribution in [-0.4, -0.2) is 17.5 Å². The van der Waals surface area contributed by atoms with Crippen molar-refractivity contribution in [1.82, 2.24) is 5.32 Å². The van der Waals surface area contributed by atoms with Crippen LogP contribution in [-0.2, 0) is 10.2 Å². The zero-order valence-electron chi connectivity index (χ0n) is 13.9. The molecule has 1 aromatic carbocycles. The smallest absolute Gasteiger partial charge is 0.240 e. The molecule has 1 aliphatic rings. The Morgan fingerprint density at radius 3 is 2.27 bits per heavy atom. The molecule has 1 amide bonds. The lowest BCUT2D eigenvalue weighted by molar-refractivity contribution is -0.128. The molecule has 0 radical (unpaired) electrons. The monoisotopic (exact) mass is 324 g/mol. The minimum atomic E-state index is -0.667. The van der Waals surface area contributed by atoms with E-state index in [0.717, 1.165) is 25.7 Å². The molecule has 1 aliphatic carbocycles. The van der Waals surface area contributed by atoms with E-state index in [2.05, 4.69) is 38.2 Å². The van der Waals surface area contributed by atoms with Gasteiger partial charge in [-0.2, -0.15) is 0 Å². The van der Waals surface area contributed by atoms with E-state index in [4.69, 9.17) is 5.73 Å². The summed E-state index contributed by atoms with van der Waals surface area (Å²) in [6.07, 6.45) is 4.91. The second kappa shape index (κ2) is 7.47. The Bertz CT molecular complexity index is 481. The first-order valence-corrected chi connectivity index (χ1v) is 8.02. The Balaban J connectivity index is 0.00000242. The van der Waals surface area contributed by atoms with Gasteiger partial charge in [0.25, 0.3) is 0 Å². The third-order valence-electron chi connectivity index (χ3n) is 5.15. The van der Waals surface area contributed by atoms with Crippen molar-refractivity contribution in [3.63, 3.8) is 0 Å². The van der Waals surface area contributed by atoms with E-state index in [0.29, 0.717) is 0 Å². The molecule has 22 heavy (non-hydrogen) atoms. The summed E-state index contributed by atoms with van der Waals surface area (Å²) in [6, 6.07) is 10.4. The number of nitrogens with two attached hydrogens (primary N) is 1. The summed E-state index contributed by atoms with van der Waals surface area (Å²) in [5, 5.41) is 3.16. The lowest BCUT2D eigenvalue weighted by Gasteiger charge is -2.37. The maximum atomic E-state index is 12.6. The van der Waals surface area contributed by atoms with Crippen LogP contribution in [0.4, 0.5) is 0 Å². The van der Waals surface area contributed by atoms with Gasteiger partial charge in [-0.15, -0.1) is 12.4 Å². The van der Waals surface area contributed by atoms with Crippen LogP contribution in [0.25, 0.3) is 0 Å². The van der Waals surface area contributed by atoms with Gasteiger partial charge in [-0.25, -0.2) is 0 Å². The number of hydrogen-bond donors (Lipinski definition) is 2. The fourth-order valence-electron chi connectivity index (χ4n) is 3.05. The van der Waals surface area contributed by atoms with Gasteiger partial charge in [-0.05, 0) is 25.3 Å². The minimum Gasteiger partial charge on any atom is -0.351 e. The molecule has 0 aromatic heterocycles. The van der Waals surface area contributed by atoms with Crippen molar-refractivity contribution in [3.8, 4) is 0 Å². The van der Waals surface area contributed by atoms with Gasteiger partial charge in [0, 0.05) is 11.5 Å². The highest BCUT2D eigenvalue weighted by atomic mass is 35.5. The summed E-state index contributed by atoms with van der Waals surface area (Å²) in [6.45, 7) is 6.39. The number of hydrogen-bond acceptors (Lipinski definition) is 2. The largest absolute Gasteiger partial charge is 0.351 e. The van der Waals surface area contributed by atoms with Gasteiger partial charge in [0.15, 0.2) is 0 Å². The average Bonchev–Trinajstić information content (AvgIpc) is 2.48. The summed E-state index contributed by atoms with van der Waals surface area (Å²) >= 11 is 0. The third-order valence-corrected chi connectivity index (χ3v) is 5.15. The van der Waals surface area contributed by atoms with Crippen molar-refractivity contribution in [2.24, 2.45) is 5.73 Å². The maximum absolute atomic E-state index is 12.6. The van der Waals surface area contributed by atoms with Gasteiger partial charge in [0.1, 0.15) is 0 Å². The van der Waals surface area contributed by atoms with Gasteiger partial charge < -0.3 is 11.1 Å². The first-order chi connectivity index (χ1) is 9.86. The zero-order valence-corrected chi connectivity index (χ0v) is 14.7. The zero-order chi connectivity index (χ0) is 15.5. The molecule has 4 heteroatoms. The van der Waals surface area contributed by atoms with E-state index in [-0.39, 0.29) is 29.8 Å². The van der Waals surface area contributed by atoms with E-state index in [1.165, 1.54) is 12.0 Å². The second-order valence-corrected chi connectivity index (χ2v) is 7.00. The van der Waals surface area contributed by atoms with Crippen LogP contribution in [0.3, 0.4) is 0 Å². The van der Waals surface area contributed by atoms with Gasteiger partial charge in [0.05, 0.1) is 5.54 Å². The van der Waals surface area contributed by atoms with E-state index in [1.54, 1.807) is 0 Å². The van der Waals surface area contributed by atoms with Crippen molar-refractivity contribution in [1.29, 1.82) is 0 Å². The lowest BCUT2D eigenvalue weighted by Crippen LogP contribution is -2.59. The molecule has 1 aromatic rings. The Labute approximate surface area is 140 Å². The SMILES string of the molecule is CC(NC(=O)C1(N)CCCCC1)C(C)(C)c1ccccc1.Cl. The molecule has 1 fully saturated rings. The Kier molecular flexibility index (Phi) is 6.45. The first-order valence-electron chi connectivity index (χ1n) is 8.02. The van der Waals surface area contributed by atoms with Crippen molar-refractivity contribution >= 4 is 18.3 Å². The molecule has 0 heterocycles. The summed E-state index contributed by atoms with van der Waals surface area (Å²) < 4.78 is 0. The molecule has 0 saturated heterocycles. The van der Waals surface area contributed by atoms with Gasteiger partial charge >= 0.3 is 0 Å². The quantitative estimate of drug-likeness (QED) is 0.889. The van der Waals surface area contributed by atoms with Crippen LogP contribution >= 0.6 is 12.4 Å². The lowest BCUT2D eigenvalue weighted by atomic mass is 9.77. The molecule has 0 bridgehead atoms. The maximum Gasteiger partial charge on any atom is 0.240 e. The molecular formula is C18H29ClN2O. The second-order valence-electron chi connectivity index (χ2n) is 7.00. The van der Waals surface area contributed by atoms with Gasteiger partial charge in [-0.3, -0.25) is 4.79 Å². The molecular weight excluding hydrogens is 296 g/mol. The Morgan fingerprint density at radius 1 is 1.18 bits per heavy atom. The molecule has 1 saturated carbocycles. The highest BCUT2D eigenvalue weighted by Gasteiger charge is 2.38. The van der Waals surface area contributed by atoms with Gasteiger partial charge in [-0.1, -0.05) is 63.4 Å². The fraction of sp³-hybridized carbons (Fsp3) is 0.611. The number of benzene rings is 1. The van der Waals surface area contributed by atoms with Gasteiger partial charge in [0.2, 0.25) is 5.91 Å². The van der Waals surface area contributed by atoms with Crippen molar-refractivity contribution in [3.05, 3.63) is 35.9 Å². The number of rotatable bonds is 4. The van der Waals surface area contributed by atoms with Crippen LogP contribution in [0, 0.1) is 0 Å². The van der Waals surface area contributed by atoms with Crippen LogP contribution in [0.15, 0.2) is 30.3 Å². The normalized spacial score (nSPS) is 18.9. The van der Waals surface area contributed by atoms with Crippen LogP contribution < -0.4 is 11.1 Å². The molecule has 3 N–H and O–H groups in total. The van der Waals surface area contributed by atoms with Crippen LogP contribution in [0.1, 0.15) is 58.4 Å².